The molecule has 214 valence electrons. The van der Waals surface area contributed by atoms with E-state index in [-0.39, 0.29) is 22.2 Å². The zero-order valence-electron chi connectivity index (χ0n) is 24.7. The van der Waals surface area contributed by atoms with Gasteiger partial charge in [0.2, 0.25) is 0 Å². The fourth-order valence-corrected chi connectivity index (χ4v) is 5.27. The molecule has 1 atom stereocenters. The van der Waals surface area contributed by atoms with Crippen LogP contribution in [0.2, 0.25) is 0 Å². The highest BCUT2D eigenvalue weighted by Crippen LogP contribution is 2.46. The molecule has 3 aromatic rings. The SMILES string of the molecule is COc1ccc(C(C)(C)C)cc1/C(O)=C1\C(=O)C(=O)N(c2ccc3c(c2)OCCO3)C1c1ccc(C(C)(C)C)cc1. The van der Waals surface area contributed by atoms with E-state index in [2.05, 4.69) is 41.5 Å². The van der Waals surface area contributed by atoms with Crippen molar-refractivity contribution in [1.29, 1.82) is 0 Å². The summed E-state index contributed by atoms with van der Waals surface area (Å²) in [7, 11) is 1.51. The molecule has 0 spiro atoms. The first kappa shape index (κ1) is 28.3. The number of fused-ring (bicyclic) bond motifs is 1. The van der Waals surface area contributed by atoms with Gasteiger partial charge in [-0.25, -0.2) is 0 Å². The monoisotopic (exact) mass is 555 g/mol. The number of ether oxygens (including phenoxy) is 3. The van der Waals surface area contributed by atoms with E-state index in [0.29, 0.717) is 47.3 Å². The van der Waals surface area contributed by atoms with Gasteiger partial charge in [0.25, 0.3) is 11.7 Å². The zero-order chi connectivity index (χ0) is 29.7. The number of aliphatic hydroxyl groups excluding tert-OH is 1. The van der Waals surface area contributed by atoms with Crippen LogP contribution in [0.4, 0.5) is 5.69 Å². The van der Waals surface area contributed by atoms with E-state index in [1.807, 2.05) is 36.4 Å². The molecule has 0 aromatic heterocycles. The summed E-state index contributed by atoms with van der Waals surface area (Å²) in [4.78, 5) is 28.9. The number of rotatable bonds is 4. The van der Waals surface area contributed by atoms with Gasteiger partial charge in [0.1, 0.15) is 24.7 Å². The number of hydrogen-bond acceptors (Lipinski definition) is 6. The number of nitrogens with zero attached hydrogens (tertiary/aromatic N) is 1. The molecular formula is C34H37NO6. The summed E-state index contributed by atoms with van der Waals surface area (Å²) in [6.07, 6.45) is 0. The van der Waals surface area contributed by atoms with Crippen molar-refractivity contribution in [2.45, 2.75) is 58.4 Å². The fraction of sp³-hybridized carbons (Fsp3) is 0.353. The van der Waals surface area contributed by atoms with Crippen LogP contribution in [0.15, 0.2) is 66.2 Å². The predicted octanol–water partition coefficient (Wildman–Crippen LogP) is 6.69. The topological polar surface area (TPSA) is 85.3 Å². The van der Waals surface area contributed by atoms with Crippen molar-refractivity contribution < 1.29 is 28.9 Å². The number of hydrogen-bond donors (Lipinski definition) is 1. The molecule has 5 rings (SSSR count). The molecule has 41 heavy (non-hydrogen) atoms. The van der Waals surface area contributed by atoms with E-state index >= 15 is 0 Å². The third kappa shape index (κ3) is 5.17. The maximum absolute atomic E-state index is 13.8. The molecule has 1 unspecified atom stereocenters. The van der Waals surface area contributed by atoms with E-state index in [4.69, 9.17) is 14.2 Å². The Morgan fingerprint density at radius 3 is 2.05 bits per heavy atom. The molecule has 7 nitrogen and oxygen atoms in total. The Bertz CT molecular complexity index is 1540. The zero-order valence-corrected chi connectivity index (χ0v) is 24.7. The second-order valence-electron chi connectivity index (χ2n) is 12.5. The van der Waals surface area contributed by atoms with Gasteiger partial charge in [0, 0.05) is 11.8 Å². The van der Waals surface area contributed by atoms with Crippen LogP contribution in [0.3, 0.4) is 0 Å². The number of amides is 1. The highest BCUT2D eigenvalue weighted by molar-refractivity contribution is 6.51. The minimum atomic E-state index is -0.880. The molecule has 7 heteroatoms. The van der Waals surface area contributed by atoms with Crippen molar-refractivity contribution in [1.82, 2.24) is 0 Å². The number of ketones is 1. The maximum atomic E-state index is 13.8. The maximum Gasteiger partial charge on any atom is 0.300 e. The largest absolute Gasteiger partial charge is 0.507 e. The molecule has 3 aromatic carbocycles. The number of methoxy groups -OCH3 is 1. The van der Waals surface area contributed by atoms with E-state index < -0.39 is 17.7 Å². The van der Waals surface area contributed by atoms with Gasteiger partial charge in [-0.2, -0.15) is 0 Å². The molecule has 1 fully saturated rings. The first-order chi connectivity index (χ1) is 19.3. The molecule has 1 amide bonds. The Labute approximate surface area is 241 Å². The summed E-state index contributed by atoms with van der Waals surface area (Å²) in [6, 6.07) is 17.7. The smallest absolute Gasteiger partial charge is 0.300 e. The Kier molecular flexibility index (Phi) is 7.10. The third-order valence-electron chi connectivity index (χ3n) is 7.66. The van der Waals surface area contributed by atoms with E-state index in [1.165, 1.54) is 12.0 Å². The van der Waals surface area contributed by atoms with Crippen LogP contribution in [0.5, 0.6) is 17.2 Å². The molecule has 0 saturated carbocycles. The standard InChI is InChI=1S/C34H37NO6/c1-33(2,3)21-10-8-20(9-11-21)29-28(30(36)24-18-22(34(4,5)6)12-14-25(24)39-7)31(37)32(38)35(29)23-13-15-26-27(19-23)41-17-16-40-26/h8-15,18-19,29,36H,16-17H2,1-7H3/b30-28+. The quantitative estimate of drug-likeness (QED) is 0.219. The Morgan fingerprint density at radius 2 is 1.44 bits per heavy atom. The second kappa shape index (κ2) is 10.3. The molecule has 0 bridgehead atoms. The lowest BCUT2D eigenvalue weighted by atomic mass is 9.84. The number of Topliss-reactive ketones (excluding diaryl/α,β-unsaturated/α-hetero) is 1. The summed E-state index contributed by atoms with van der Waals surface area (Å²) in [5, 5.41) is 11.8. The lowest BCUT2D eigenvalue weighted by Crippen LogP contribution is -2.29. The summed E-state index contributed by atoms with van der Waals surface area (Å²) >= 11 is 0. The van der Waals surface area contributed by atoms with E-state index in [1.54, 1.807) is 24.3 Å². The molecule has 2 heterocycles. The summed E-state index contributed by atoms with van der Waals surface area (Å²) < 4.78 is 17.0. The van der Waals surface area contributed by atoms with Gasteiger partial charge in [-0.05, 0) is 51.8 Å². The Balaban J connectivity index is 1.73. The van der Waals surface area contributed by atoms with Crippen LogP contribution in [0.25, 0.3) is 5.76 Å². The number of anilines is 1. The normalized spacial score (nSPS) is 18.5. The van der Waals surface area contributed by atoms with Crippen LogP contribution < -0.4 is 19.1 Å². The van der Waals surface area contributed by atoms with Crippen molar-refractivity contribution in [3.8, 4) is 17.2 Å². The van der Waals surface area contributed by atoms with E-state index in [0.717, 1.165) is 11.1 Å². The van der Waals surface area contributed by atoms with Crippen molar-refractivity contribution in [3.63, 3.8) is 0 Å². The molecular weight excluding hydrogens is 518 g/mol. The van der Waals surface area contributed by atoms with Crippen LogP contribution >= 0.6 is 0 Å². The minimum Gasteiger partial charge on any atom is -0.507 e. The van der Waals surface area contributed by atoms with Crippen LogP contribution in [0, 0.1) is 0 Å². The number of benzene rings is 3. The highest BCUT2D eigenvalue weighted by atomic mass is 16.6. The average molecular weight is 556 g/mol. The minimum absolute atomic E-state index is 0.00208. The van der Waals surface area contributed by atoms with Gasteiger partial charge in [-0.3, -0.25) is 14.5 Å². The van der Waals surface area contributed by atoms with Crippen molar-refractivity contribution in [3.05, 3.63) is 88.5 Å². The Hall–Kier alpha value is -4.26. The van der Waals surface area contributed by atoms with E-state index in [9.17, 15) is 14.7 Å². The first-order valence-corrected chi connectivity index (χ1v) is 13.8. The molecule has 1 saturated heterocycles. The number of carbonyl (C=O) groups excluding carboxylic acids is 2. The lowest BCUT2D eigenvalue weighted by molar-refractivity contribution is -0.132. The molecule has 1 N–H and O–H groups in total. The average Bonchev–Trinajstić information content (AvgIpc) is 3.21. The lowest BCUT2D eigenvalue weighted by Gasteiger charge is -2.28. The number of carbonyl (C=O) groups is 2. The summed E-state index contributed by atoms with van der Waals surface area (Å²) in [5.74, 6) is -0.313. The predicted molar refractivity (Wildman–Crippen MR) is 159 cm³/mol. The van der Waals surface area contributed by atoms with Crippen LogP contribution in [-0.2, 0) is 20.4 Å². The van der Waals surface area contributed by atoms with Gasteiger partial charge in [0.05, 0.1) is 24.3 Å². The van der Waals surface area contributed by atoms with Crippen molar-refractivity contribution in [2.75, 3.05) is 25.2 Å². The van der Waals surface area contributed by atoms with Gasteiger partial charge in [0.15, 0.2) is 11.5 Å². The third-order valence-corrected chi connectivity index (χ3v) is 7.66. The fourth-order valence-electron chi connectivity index (χ4n) is 5.27. The number of aliphatic hydroxyl groups is 1. The molecule has 2 aliphatic rings. The second-order valence-corrected chi connectivity index (χ2v) is 12.5. The van der Waals surface area contributed by atoms with Gasteiger partial charge in [-0.1, -0.05) is 71.9 Å². The van der Waals surface area contributed by atoms with Gasteiger partial charge < -0.3 is 19.3 Å². The molecule has 2 aliphatic heterocycles. The van der Waals surface area contributed by atoms with Crippen molar-refractivity contribution in [2.24, 2.45) is 0 Å². The van der Waals surface area contributed by atoms with Gasteiger partial charge >= 0.3 is 0 Å². The molecule has 0 radical (unpaired) electrons. The summed E-state index contributed by atoms with van der Waals surface area (Å²) in [5.41, 5.74) is 3.27. The van der Waals surface area contributed by atoms with Gasteiger partial charge in [-0.15, -0.1) is 0 Å². The molecule has 0 aliphatic carbocycles. The first-order valence-electron chi connectivity index (χ1n) is 13.8. The highest BCUT2D eigenvalue weighted by Gasteiger charge is 2.47. The summed E-state index contributed by atoms with van der Waals surface area (Å²) in [6.45, 7) is 13.4. The Morgan fingerprint density at radius 1 is 0.829 bits per heavy atom. The van der Waals surface area contributed by atoms with Crippen LogP contribution in [-0.4, -0.2) is 37.1 Å². The van der Waals surface area contributed by atoms with Crippen molar-refractivity contribution >= 4 is 23.1 Å². The van der Waals surface area contributed by atoms with Crippen LogP contribution in [0.1, 0.15) is 69.8 Å².